The van der Waals surface area contributed by atoms with Crippen LogP contribution in [0.2, 0.25) is 0 Å². The second-order valence-electron chi connectivity index (χ2n) is 7.12. The highest BCUT2D eigenvalue weighted by Gasteiger charge is 2.30. The summed E-state index contributed by atoms with van der Waals surface area (Å²) in [5.74, 6) is 0.0607. The molecule has 0 aromatic heterocycles. The summed E-state index contributed by atoms with van der Waals surface area (Å²) >= 11 is 0. The van der Waals surface area contributed by atoms with E-state index in [-0.39, 0.29) is 5.75 Å². The Kier molecular flexibility index (Phi) is 5.16. The number of piperidine rings is 1. The van der Waals surface area contributed by atoms with Gasteiger partial charge in [0.25, 0.3) is 0 Å². The van der Waals surface area contributed by atoms with Gasteiger partial charge in [-0.1, -0.05) is 6.07 Å². The van der Waals surface area contributed by atoms with Crippen molar-refractivity contribution in [1.29, 1.82) is 0 Å². The SMILES string of the molecule is CC(C)(C)OC(=O)Nc1ccc(CC2(O)CCNCC2)c(O)c1. The molecule has 0 aliphatic carbocycles. The maximum absolute atomic E-state index is 11.7. The quantitative estimate of drug-likeness (QED) is 0.686. The molecule has 1 aliphatic heterocycles. The summed E-state index contributed by atoms with van der Waals surface area (Å²) in [6, 6.07) is 4.90. The number of hydrogen-bond donors (Lipinski definition) is 4. The van der Waals surface area contributed by atoms with Gasteiger partial charge in [0.15, 0.2) is 0 Å². The monoisotopic (exact) mass is 322 g/mol. The molecule has 1 aliphatic rings. The first-order valence-electron chi connectivity index (χ1n) is 7.92. The molecule has 0 unspecified atom stereocenters. The van der Waals surface area contributed by atoms with Gasteiger partial charge in [-0.15, -0.1) is 0 Å². The van der Waals surface area contributed by atoms with E-state index in [9.17, 15) is 15.0 Å². The van der Waals surface area contributed by atoms with E-state index < -0.39 is 17.3 Å². The predicted octanol–water partition coefficient (Wildman–Crippen LogP) is 2.40. The third-order valence-corrected chi connectivity index (χ3v) is 3.78. The Morgan fingerprint density at radius 1 is 1.35 bits per heavy atom. The van der Waals surface area contributed by atoms with Crippen molar-refractivity contribution in [2.45, 2.75) is 51.2 Å². The maximum atomic E-state index is 11.7. The Morgan fingerprint density at radius 2 is 2.00 bits per heavy atom. The normalized spacial score (nSPS) is 17.6. The standard InChI is InChI=1S/C17H26N2O4/c1-16(2,3)23-15(21)19-13-5-4-12(14(20)10-13)11-17(22)6-8-18-9-7-17/h4-5,10,18,20,22H,6-9,11H2,1-3H3,(H,19,21). The summed E-state index contributed by atoms with van der Waals surface area (Å²) in [6.07, 6.45) is 1.14. The molecule has 128 valence electrons. The highest BCUT2D eigenvalue weighted by molar-refractivity contribution is 5.85. The van der Waals surface area contributed by atoms with Crippen molar-refractivity contribution in [2.24, 2.45) is 0 Å². The smallest absolute Gasteiger partial charge is 0.412 e. The molecule has 1 heterocycles. The number of hydrogen-bond acceptors (Lipinski definition) is 5. The number of benzene rings is 1. The number of aromatic hydroxyl groups is 1. The number of nitrogens with one attached hydrogen (secondary N) is 2. The van der Waals surface area contributed by atoms with Gasteiger partial charge in [0.1, 0.15) is 11.4 Å². The molecule has 0 atom stereocenters. The molecule has 0 bridgehead atoms. The average molecular weight is 322 g/mol. The van der Waals surface area contributed by atoms with Crippen molar-refractivity contribution < 1.29 is 19.7 Å². The number of amides is 1. The third-order valence-electron chi connectivity index (χ3n) is 3.78. The Balaban J connectivity index is 2.01. The molecule has 1 aromatic rings. The Bertz CT molecular complexity index is 560. The van der Waals surface area contributed by atoms with Crippen molar-refractivity contribution in [1.82, 2.24) is 5.32 Å². The lowest BCUT2D eigenvalue weighted by Gasteiger charge is -2.32. The first kappa shape index (κ1) is 17.6. The second kappa shape index (κ2) is 6.76. The molecule has 0 saturated carbocycles. The summed E-state index contributed by atoms with van der Waals surface area (Å²) in [4.78, 5) is 11.7. The van der Waals surface area contributed by atoms with Crippen LogP contribution in [0, 0.1) is 0 Å². The zero-order chi connectivity index (χ0) is 17.1. The number of phenolic OH excluding ortho intramolecular Hbond substituents is 1. The van der Waals surface area contributed by atoms with Crippen molar-refractivity contribution in [3.05, 3.63) is 23.8 Å². The molecule has 6 heteroatoms. The van der Waals surface area contributed by atoms with Gasteiger partial charge in [0.2, 0.25) is 0 Å². The molecule has 1 fully saturated rings. The molecule has 2 rings (SSSR count). The van der Waals surface area contributed by atoms with Crippen LogP contribution in [0.5, 0.6) is 5.75 Å². The highest BCUT2D eigenvalue weighted by Crippen LogP contribution is 2.29. The van der Waals surface area contributed by atoms with Gasteiger partial charge >= 0.3 is 6.09 Å². The fourth-order valence-electron chi connectivity index (χ4n) is 2.64. The van der Waals surface area contributed by atoms with E-state index in [0.29, 0.717) is 30.5 Å². The number of carbonyl (C=O) groups is 1. The van der Waals surface area contributed by atoms with Crippen LogP contribution in [0.1, 0.15) is 39.2 Å². The second-order valence-corrected chi connectivity index (χ2v) is 7.12. The van der Waals surface area contributed by atoms with Crippen molar-refractivity contribution in [3.8, 4) is 5.75 Å². The van der Waals surface area contributed by atoms with Crippen LogP contribution >= 0.6 is 0 Å². The molecular formula is C17H26N2O4. The van der Waals surface area contributed by atoms with Gasteiger partial charge in [0, 0.05) is 18.2 Å². The van der Waals surface area contributed by atoms with Crippen LogP contribution in [-0.4, -0.2) is 40.6 Å². The molecule has 0 spiro atoms. The Morgan fingerprint density at radius 3 is 2.57 bits per heavy atom. The summed E-state index contributed by atoms with van der Waals surface area (Å²) < 4.78 is 5.17. The van der Waals surface area contributed by atoms with Crippen LogP contribution in [0.4, 0.5) is 10.5 Å². The largest absolute Gasteiger partial charge is 0.508 e. The van der Waals surface area contributed by atoms with Crippen molar-refractivity contribution in [3.63, 3.8) is 0 Å². The van der Waals surface area contributed by atoms with Gasteiger partial charge < -0.3 is 20.3 Å². The van der Waals surface area contributed by atoms with Gasteiger partial charge in [-0.05, 0) is 58.3 Å². The first-order valence-corrected chi connectivity index (χ1v) is 7.92. The molecule has 1 saturated heterocycles. The van der Waals surface area contributed by atoms with E-state index in [1.54, 1.807) is 32.9 Å². The molecule has 23 heavy (non-hydrogen) atoms. The van der Waals surface area contributed by atoms with E-state index in [1.165, 1.54) is 6.07 Å². The zero-order valence-corrected chi connectivity index (χ0v) is 14.0. The average Bonchev–Trinajstić information content (AvgIpc) is 2.40. The minimum absolute atomic E-state index is 0.0607. The Hall–Kier alpha value is -1.79. The minimum atomic E-state index is -0.789. The Labute approximate surface area is 136 Å². The van der Waals surface area contributed by atoms with Gasteiger partial charge in [-0.3, -0.25) is 5.32 Å². The maximum Gasteiger partial charge on any atom is 0.412 e. The fraction of sp³-hybridized carbons (Fsp3) is 0.588. The van der Waals surface area contributed by atoms with E-state index in [4.69, 9.17) is 4.74 Å². The van der Waals surface area contributed by atoms with Gasteiger partial charge in [-0.25, -0.2) is 4.79 Å². The first-order chi connectivity index (χ1) is 10.7. The van der Waals surface area contributed by atoms with E-state index >= 15 is 0 Å². The summed E-state index contributed by atoms with van der Waals surface area (Å²) in [7, 11) is 0. The van der Waals surface area contributed by atoms with Crippen LogP contribution in [0.25, 0.3) is 0 Å². The van der Waals surface area contributed by atoms with Crippen LogP contribution < -0.4 is 10.6 Å². The molecule has 1 amide bonds. The van der Waals surface area contributed by atoms with Gasteiger partial charge in [-0.2, -0.15) is 0 Å². The highest BCUT2D eigenvalue weighted by atomic mass is 16.6. The van der Waals surface area contributed by atoms with Gasteiger partial charge in [0.05, 0.1) is 5.60 Å². The molecular weight excluding hydrogens is 296 g/mol. The molecule has 1 aromatic carbocycles. The zero-order valence-electron chi connectivity index (χ0n) is 14.0. The molecule has 0 radical (unpaired) electrons. The topological polar surface area (TPSA) is 90.8 Å². The molecule has 6 nitrogen and oxygen atoms in total. The number of phenols is 1. The number of carbonyl (C=O) groups excluding carboxylic acids is 1. The van der Waals surface area contributed by atoms with E-state index in [0.717, 1.165) is 13.1 Å². The summed E-state index contributed by atoms with van der Waals surface area (Å²) in [5.41, 5.74) is -0.241. The number of aliphatic hydroxyl groups is 1. The van der Waals surface area contributed by atoms with Crippen LogP contribution in [-0.2, 0) is 11.2 Å². The van der Waals surface area contributed by atoms with Crippen LogP contribution in [0.15, 0.2) is 18.2 Å². The summed E-state index contributed by atoms with van der Waals surface area (Å²) in [5, 5.41) is 26.5. The molecule has 4 N–H and O–H groups in total. The predicted molar refractivity (Wildman–Crippen MR) is 88.7 cm³/mol. The lowest BCUT2D eigenvalue weighted by atomic mass is 9.86. The summed E-state index contributed by atoms with van der Waals surface area (Å²) in [6.45, 7) is 6.90. The number of anilines is 1. The minimum Gasteiger partial charge on any atom is -0.508 e. The number of rotatable bonds is 3. The number of ether oxygens (including phenoxy) is 1. The van der Waals surface area contributed by atoms with Crippen molar-refractivity contribution in [2.75, 3.05) is 18.4 Å². The van der Waals surface area contributed by atoms with Crippen molar-refractivity contribution >= 4 is 11.8 Å². The van der Waals surface area contributed by atoms with E-state index in [1.807, 2.05) is 0 Å². The third kappa shape index (κ3) is 5.41. The lowest BCUT2D eigenvalue weighted by molar-refractivity contribution is 0.0104. The van der Waals surface area contributed by atoms with E-state index in [2.05, 4.69) is 10.6 Å². The van der Waals surface area contributed by atoms with Crippen LogP contribution in [0.3, 0.4) is 0 Å². The fourth-order valence-corrected chi connectivity index (χ4v) is 2.64. The lowest BCUT2D eigenvalue weighted by Crippen LogP contribution is -2.43.